The van der Waals surface area contributed by atoms with Gasteiger partial charge in [0.25, 0.3) is 5.76 Å². The van der Waals surface area contributed by atoms with E-state index in [9.17, 15) is 8.78 Å². The van der Waals surface area contributed by atoms with E-state index in [4.69, 9.17) is 9.47 Å². The molecule has 0 saturated carbocycles. The Kier molecular flexibility index (Phi) is 4.47. The van der Waals surface area contributed by atoms with Gasteiger partial charge in [-0.1, -0.05) is 48.2 Å². The van der Waals surface area contributed by atoms with Crippen molar-refractivity contribution < 1.29 is 18.3 Å². The smallest absolute Gasteiger partial charge is 0.288 e. The van der Waals surface area contributed by atoms with Crippen molar-refractivity contribution in [3.8, 4) is 11.1 Å². The van der Waals surface area contributed by atoms with Gasteiger partial charge >= 0.3 is 0 Å². The molecule has 2 aromatic rings. The maximum absolute atomic E-state index is 12.3. The van der Waals surface area contributed by atoms with Crippen LogP contribution in [-0.2, 0) is 15.3 Å². The summed E-state index contributed by atoms with van der Waals surface area (Å²) in [5, 5.41) is 0. The van der Waals surface area contributed by atoms with Crippen LogP contribution in [0.1, 0.15) is 12.5 Å². The maximum Gasteiger partial charge on any atom is 0.288 e. The van der Waals surface area contributed by atoms with Gasteiger partial charge in [0.2, 0.25) is 0 Å². The van der Waals surface area contributed by atoms with Gasteiger partial charge in [0.05, 0.1) is 13.2 Å². The van der Waals surface area contributed by atoms with Gasteiger partial charge in [0.1, 0.15) is 0 Å². The highest BCUT2D eigenvalue weighted by Crippen LogP contribution is 2.33. The third-order valence-corrected chi connectivity index (χ3v) is 4.38. The van der Waals surface area contributed by atoms with Crippen LogP contribution in [0.4, 0.5) is 8.78 Å². The number of hydrogen-bond donors (Lipinski definition) is 0. The molecule has 116 valence electrons. The van der Waals surface area contributed by atoms with E-state index in [-0.39, 0.29) is 0 Å². The van der Waals surface area contributed by atoms with Gasteiger partial charge in [0, 0.05) is 10.5 Å². The summed E-state index contributed by atoms with van der Waals surface area (Å²) < 4.78 is 35.9. The van der Waals surface area contributed by atoms with Gasteiger partial charge in [-0.15, -0.1) is 0 Å². The summed E-state index contributed by atoms with van der Waals surface area (Å²) in [5.74, 6) is -3.06. The number of benzene rings is 2. The standard InChI is InChI=1S/C17H16F2O2S/c1-17(20-10-11-21-17)14-6-2-12(3-7-14)13-4-8-15(9-5-13)22-16(18)19/h2-9,16H,10-11H2,1H3. The molecule has 2 nitrogen and oxygen atoms in total. The highest BCUT2D eigenvalue weighted by molar-refractivity contribution is 7.99. The number of alkyl halides is 2. The average molecular weight is 322 g/mol. The van der Waals surface area contributed by atoms with Crippen LogP contribution in [0.15, 0.2) is 53.4 Å². The van der Waals surface area contributed by atoms with E-state index in [1.165, 1.54) is 0 Å². The predicted octanol–water partition coefficient (Wildman–Crippen LogP) is 4.89. The molecule has 0 bridgehead atoms. The lowest BCUT2D eigenvalue weighted by molar-refractivity contribution is -0.149. The summed E-state index contributed by atoms with van der Waals surface area (Å²) in [6.07, 6.45) is 0. The van der Waals surface area contributed by atoms with Gasteiger partial charge in [-0.25, -0.2) is 0 Å². The summed E-state index contributed by atoms with van der Waals surface area (Å²) in [7, 11) is 0. The zero-order valence-electron chi connectivity index (χ0n) is 12.1. The first-order valence-corrected chi connectivity index (χ1v) is 7.88. The second-order valence-electron chi connectivity index (χ2n) is 5.12. The van der Waals surface area contributed by atoms with E-state index in [2.05, 4.69) is 0 Å². The number of halogens is 2. The Hall–Kier alpha value is -1.43. The average Bonchev–Trinajstić information content (AvgIpc) is 2.96. The summed E-state index contributed by atoms with van der Waals surface area (Å²) >= 11 is 0.555. The monoisotopic (exact) mass is 322 g/mol. The molecular formula is C17H16F2O2S. The Morgan fingerprint density at radius 1 is 0.909 bits per heavy atom. The van der Waals surface area contributed by atoms with Crippen LogP contribution in [0.2, 0.25) is 0 Å². The lowest BCUT2D eigenvalue weighted by Gasteiger charge is -2.22. The SMILES string of the molecule is CC1(c2ccc(-c3ccc(SC(F)F)cc3)cc2)OCCO1. The third-order valence-electron chi connectivity index (χ3n) is 3.66. The lowest BCUT2D eigenvalue weighted by Crippen LogP contribution is -2.22. The molecule has 0 aromatic heterocycles. The molecule has 0 aliphatic carbocycles. The first kappa shape index (κ1) is 15.5. The number of hydrogen-bond acceptors (Lipinski definition) is 3. The van der Waals surface area contributed by atoms with Crippen LogP contribution in [0.5, 0.6) is 0 Å². The van der Waals surface area contributed by atoms with Crippen LogP contribution in [0, 0.1) is 0 Å². The zero-order valence-corrected chi connectivity index (χ0v) is 12.9. The fourth-order valence-electron chi connectivity index (χ4n) is 2.48. The van der Waals surface area contributed by atoms with Crippen molar-refractivity contribution in [2.75, 3.05) is 13.2 Å². The second kappa shape index (κ2) is 6.36. The second-order valence-corrected chi connectivity index (χ2v) is 6.19. The molecule has 1 fully saturated rings. The highest BCUT2D eigenvalue weighted by atomic mass is 32.2. The van der Waals surface area contributed by atoms with E-state index < -0.39 is 11.5 Å². The minimum atomic E-state index is -2.39. The Morgan fingerprint density at radius 3 is 1.91 bits per heavy atom. The van der Waals surface area contributed by atoms with Crippen LogP contribution in [0.3, 0.4) is 0 Å². The van der Waals surface area contributed by atoms with Crippen LogP contribution in [-0.4, -0.2) is 19.0 Å². The van der Waals surface area contributed by atoms with E-state index >= 15 is 0 Å². The Morgan fingerprint density at radius 2 is 1.41 bits per heavy atom. The lowest BCUT2D eigenvalue weighted by atomic mass is 10.0. The molecule has 1 heterocycles. The molecule has 1 aliphatic rings. The fraction of sp³-hybridized carbons (Fsp3) is 0.294. The zero-order chi connectivity index (χ0) is 15.6. The van der Waals surface area contributed by atoms with E-state index in [1.54, 1.807) is 12.1 Å². The Labute approximate surface area is 132 Å². The number of rotatable bonds is 4. The predicted molar refractivity (Wildman–Crippen MR) is 83.0 cm³/mol. The summed E-state index contributed by atoms with van der Waals surface area (Å²) in [6.45, 7) is 3.11. The maximum atomic E-state index is 12.3. The molecular weight excluding hydrogens is 306 g/mol. The molecule has 3 rings (SSSR count). The van der Waals surface area contributed by atoms with Crippen molar-refractivity contribution >= 4 is 11.8 Å². The molecule has 0 radical (unpaired) electrons. The van der Waals surface area contributed by atoms with Crippen LogP contribution < -0.4 is 0 Å². The molecule has 1 aliphatic heterocycles. The molecule has 0 unspecified atom stereocenters. The number of ether oxygens (including phenoxy) is 2. The summed E-state index contributed by atoms with van der Waals surface area (Å²) in [5.41, 5.74) is 2.99. The van der Waals surface area contributed by atoms with Gasteiger partial charge in [0.15, 0.2) is 5.79 Å². The van der Waals surface area contributed by atoms with Crippen LogP contribution in [0.25, 0.3) is 11.1 Å². The molecule has 0 amide bonds. The molecule has 22 heavy (non-hydrogen) atoms. The van der Waals surface area contributed by atoms with Crippen molar-refractivity contribution in [2.45, 2.75) is 23.4 Å². The summed E-state index contributed by atoms with van der Waals surface area (Å²) in [6, 6.07) is 15.1. The first-order valence-electron chi connectivity index (χ1n) is 7.00. The topological polar surface area (TPSA) is 18.5 Å². The minimum absolute atomic E-state index is 0.555. The van der Waals surface area contributed by atoms with Crippen LogP contribution >= 0.6 is 11.8 Å². The molecule has 5 heteroatoms. The largest absolute Gasteiger partial charge is 0.344 e. The number of thioether (sulfide) groups is 1. The van der Waals surface area contributed by atoms with Gasteiger partial charge in [-0.05, 0) is 30.2 Å². The molecule has 1 saturated heterocycles. The molecule has 0 atom stereocenters. The minimum Gasteiger partial charge on any atom is -0.344 e. The van der Waals surface area contributed by atoms with E-state index in [0.29, 0.717) is 29.9 Å². The first-order chi connectivity index (χ1) is 10.6. The van der Waals surface area contributed by atoms with Crippen molar-refractivity contribution in [2.24, 2.45) is 0 Å². The Balaban J connectivity index is 1.78. The molecule has 0 N–H and O–H groups in total. The summed E-state index contributed by atoms with van der Waals surface area (Å²) in [4.78, 5) is 0.565. The molecule has 0 spiro atoms. The Bertz CT molecular complexity index is 620. The molecule has 2 aromatic carbocycles. The van der Waals surface area contributed by atoms with Gasteiger partial charge < -0.3 is 9.47 Å². The third kappa shape index (κ3) is 3.32. The van der Waals surface area contributed by atoms with Crippen molar-refractivity contribution in [1.29, 1.82) is 0 Å². The van der Waals surface area contributed by atoms with Crippen molar-refractivity contribution in [3.05, 3.63) is 54.1 Å². The normalized spacial score (nSPS) is 17.1. The van der Waals surface area contributed by atoms with E-state index in [1.807, 2.05) is 43.3 Å². The quantitative estimate of drug-likeness (QED) is 0.747. The van der Waals surface area contributed by atoms with Gasteiger partial charge in [-0.3, -0.25) is 0 Å². The van der Waals surface area contributed by atoms with Crippen molar-refractivity contribution in [3.63, 3.8) is 0 Å². The highest BCUT2D eigenvalue weighted by Gasteiger charge is 2.32. The van der Waals surface area contributed by atoms with E-state index in [0.717, 1.165) is 16.7 Å². The van der Waals surface area contributed by atoms with Gasteiger partial charge in [-0.2, -0.15) is 8.78 Å². The fourth-order valence-corrected chi connectivity index (χ4v) is 2.97. The van der Waals surface area contributed by atoms with Crippen molar-refractivity contribution in [1.82, 2.24) is 0 Å².